The van der Waals surface area contributed by atoms with Gasteiger partial charge in [0.1, 0.15) is 5.82 Å². The number of hydrogen-bond acceptors (Lipinski definition) is 3. The van der Waals surface area contributed by atoms with Gasteiger partial charge in [-0.05, 0) is 30.2 Å². The molecule has 0 unspecified atom stereocenters. The van der Waals surface area contributed by atoms with Gasteiger partial charge in [0, 0.05) is 25.4 Å². The summed E-state index contributed by atoms with van der Waals surface area (Å²) < 4.78 is 14.7. The van der Waals surface area contributed by atoms with Crippen molar-refractivity contribution in [1.82, 2.24) is 15.1 Å². The maximum absolute atomic E-state index is 13.0. The Hall–Kier alpha value is -2.37. The van der Waals surface area contributed by atoms with E-state index in [9.17, 15) is 9.18 Å². The molecule has 1 amide bonds. The summed E-state index contributed by atoms with van der Waals surface area (Å²) in [6.07, 6.45) is 4.33. The molecule has 3 N–H and O–H groups in total. The SMILES string of the molecule is Cn1cc(CCNC(=O)c2ccc(F)c(N)c2)cn1. The molecule has 0 atom stereocenters. The van der Waals surface area contributed by atoms with Crippen molar-refractivity contribution in [1.29, 1.82) is 0 Å². The zero-order valence-electron chi connectivity index (χ0n) is 10.6. The second-order valence-electron chi connectivity index (χ2n) is 4.26. The summed E-state index contributed by atoms with van der Waals surface area (Å²) in [4.78, 5) is 11.8. The summed E-state index contributed by atoms with van der Waals surface area (Å²) in [6.45, 7) is 0.488. The predicted molar refractivity (Wildman–Crippen MR) is 70.1 cm³/mol. The molecule has 0 aliphatic carbocycles. The number of nitrogens with one attached hydrogen (secondary N) is 1. The first-order chi connectivity index (χ1) is 9.06. The highest BCUT2D eigenvalue weighted by Gasteiger charge is 2.07. The molecule has 0 fully saturated rings. The molecule has 19 heavy (non-hydrogen) atoms. The van der Waals surface area contributed by atoms with Crippen LogP contribution in [0.15, 0.2) is 30.6 Å². The number of nitrogen functional groups attached to an aromatic ring is 1. The van der Waals surface area contributed by atoms with Crippen molar-refractivity contribution in [2.24, 2.45) is 7.05 Å². The molecule has 0 saturated heterocycles. The van der Waals surface area contributed by atoms with Crippen molar-refractivity contribution < 1.29 is 9.18 Å². The molecule has 0 saturated carbocycles. The van der Waals surface area contributed by atoms with E-state index in [-0.39, 0.29) is 11.6 Å². The second kappa shape index (κ2) is 5.51. The largest absolute Gasteiger partial charge is 0.396 e. The fraction of sp³-hybridized carbons (Fsp3) is 0.231. The van der Waals surface area contributed by atoms with Gasteiger partial charge in [-0.15, -0.1) is 0 Å². The first-order valence-corrected chi connectivity index (χ1v) is 5.87. The highest BCUT2D eigenvalue weighted by molar-refractivity contribution is 5.95. The molecule has 2 rings (SSSR count). The molecule has 0 aliphatic heterocycles. The van der Waals surface area contributed by atoms with E-state index in [2.05, 4.69) is 10.4 Å². The van der Waals surface area contributed by atoms with E-state index >= 15 is 0 Å². The van der Waals surface area contributed by atoms with E-state index in [1.165, 1.54) is 18.2 Å². The summed E-state index contributed by atoms with van der Waals surface area (Å²) in [5, 5.41) is 6.79. The maximum Gasteiger partial charge on any atom is 0.251 e. The zero-order valence-corrected chi connectivity index (χ0v) is 10.6. The lowest BCUT2D eigenvalue weighted by atomic mass is 10.2. The summed E-state index contributed by atoms with van der Waals surface area (Å²) in [5.41, 5.74) is 6.78. The van der Waals surface area contributed by atoms with E-state index in [4.69, 9.17) is 5.73 Å². The monoisotopic (exact) mass is 262 g/mol. The minimum absolute atomic E-state index is 0.0279. The Morgan fingerprint density at radius 3 is 2.95 bits per heavy atom. The number of anilines is 1. The van der Waals surface area contributed by atoms with E-state index in [1.807, 2.05) is 13.2 Å². The van der Waals surface area contributed by atoms with Gasteiger partial charge < -0.3 is 11.1 Å². The van der Waals surface area contributed by atoms with Gasteiger partial charge in [-0.3, -0.25) is 9.48 Å². The van der Waals surface area contributed by atoms with E-state index in [0.717, 1.165) is 5.56 Å². The quantitative estimate of drug-likeness (QED) is 0.811. The zero-order chi connectivity index (χ0) is 13.8. The molecule has 2 aromatic rings. The van der Waals surface area contributed by atoms with Crippen molar-refractivity contribution >= 4 is 11.6 Å². The highest BCUT2D eigenvalue weighted by atomic mass is 19.1. The minimum Gasteiger partial charge on any atom is -0.396 e. The molecule has 0 radical (unpaired) electrons. The van der Waals surface area contributed by atoms with Gasteiger partial charge in [-0.2, -0.15) is 5.10 Å². The van der Waals surface area contributed by atoms with Gasteiger partial charge in [0.25, 0.3) is 5.91 Å². The Balaban J connectivity index is 1.89. The molecule has 1 aromatic carbocycles. The maximum atomic E-state index is 13.0. The lowest BCUT2D eigenvalue weighted by molar-refractivity contribution is 0.0954. The van der Waals surface area contributed by atoms with Crippen molar-refractivity contribution in [2.75, 3.05) is 12.3 Å². The number of benzene rings is 1. The second-order valence-corrected chi connectivity index (χ2v) is 4.26. The van der Waals surface area contributed by atoms with Gasteiger partial charge in [-0.25, -0.2) is 4.39 Å². The molecule has 0 bridgehead atoms. The van der Waals surface area contributed by atoms with Crippen LogP contribution in [-0.4, -0.2) is 22.2 Å². The molecule has 1 aromatic heterocycles. The van der Waals surface area contributed by atoms with E-state index in [0.29, 0.717) is 18.5 Å². The van der Waals surface area contributed by atoms with Crippen LogP contribution in [0.1, 0.15) is 15.9 Å². The number of carbonyl (C=O) groups is 1. The lowest BCUT2D eigenvalue weighted by Crippen LogP contribution is -2.25. The predicted octanol–water partition coefficient (Wildman–Crippen LogP) is 1.11. The van der Waals surface area contributed by atoms with Crippen LogP contribution >= 0.6 is 0 Å². The number of carbonyl (C=O) groups excluding carboxylic acids is 1. The normalized spacial score (nSPS) is 10.4. The number of hydrogen-bond donors (Lipinski definition) is 2. The van der Waals surface area contributed by atoms with Crippen LogP contribution < -0.4 is 11.1 Å². The van der Waals surface area contributed by atoms with Crippen LogP contribution in [0, 0.1) is 5.82 Å². The number of aromatic nitrogens is 2. The average Bonchev–Trinajstić information content (AvgIpc) is 2.78. The summed E-state index contributed by atoms with van der Waals surface area (Å²) in [6, 6.07) is 3.92. The van der Waals surface area contributed by atoms with Crippen LogP contribution in [0.25, 0.3) is 0 Å². The summed E-state index contributed by atoms with van der Waals surface area (Å²) >= 11 is 0. The van der Waals surface area contributed by atoms with Crippen LogP contribution in [0.4, 0.5) is 10.1 Å². The number of nitrogens with zero attached hydrogens (tertiary/aromatic N) is 2. The fourth-order valence-electron chi connectivity index (χ4n) is 1.71. The van der Waals surface area contributed by atoms with Gasteiger partial charge >= 0.3 is 0 Å². The Bertz CT molecular complexity index is 594. The number of halogens is 1. The number of aryl methyl sites for hydroxylation is 1. The van der Waals surface area contributed by atoms with E-state index in [1.54, 1.807) is 10.9 Å². The van der Waals surface area contributed by atoms with Crippen molar-refractivity contribution in [3.8, 4) is 0 Å². The standard InChI is InChI=1S/C13H15FN4O/c1-18-8-9(7-17-18)4-5-16-13(19)10-2-3-11(14)12(15)6-10/h2-3,6-8H,4-5,15H2,1H3,(H,16,19). The minimum atomic E-state index is -0.521. The summed E-state index contributed by atoms with van der Waals surface area (Å²) in [5.74, 6) is -0.789. The molecule has 100 valence electrons. The third-order valence-corrected chi connectivity index (χ3v) is 2.72. The van der Waals surface area contributed by atoms with Crippen molar-refractivity contribution in [3.05, 3.63) is 47.5 Å². The number of rotatable bonds is 4. The van der Waals surface area contributed by atoms with Gasteiger partial charge in [-0.1, -0.05) is 0 Å². The third kappa shape index (κ3) is 3.31. The van der Waals surface area contributed by atoms with Gasteiger partial charge in [0.05, 0.1) is 11.9 Å². The first-order valence-electron chi connectivity index (χ1n) is 5.87. The molecule has 5 nitrogen and oxygen atoms in total. The van der Waals surface area contributed by atoms with Crippen molar-refractivity contribution in [3.63, 3.8) is 0 Å². The average molecular weight is 262 g/mol. The summed E-state index contributed by atoms with van der Waals surface area (Å²) in [7, 11) is 1.84. The molecule has 0 aliphatic rings. The Labute approximate surface area is 110 Å². The van der Waals surface area contributed by atoms with Crippen molar-refractivity contribution in [2.45, 2.75) is 6.42 Å². The van der Waals surface area contributed by atoms with E-state index < -0.39 is 5.82 Å². The highest BCUT2D eigenvalue weighted by Crippen LogP contribution is 2.12. The fourth-order valence-corrected chi connectivity index (χ4v) is 1.71. The Morgan fingerprint density at radius 1 is 1.53 bits per heavy atom. The topological polar surface area (TPSA) is 72.9 Å². The van der Waals surface area contributed by atoms with Gasteiger partial charge in [0.2, 0.25) is 0 Å². The molecule has 1 heterocycles. The third-order valence-electron chi connectivity index (χ3n) is 2.72. The lowest BCUT2D eigenvalue weighted by Gasteiger charge is -2.05. The molecular weight excluding hydrogens is 247 g/mol. The Kier molecular flexibility index (Phi) is 3.79. The number of amides is 1. The van der Waals surface area contributed by atoms with Gasteiger partial charge in [0.15, 0.2) is 0 Å². The Morgan fingerprint density at radius 2 is 2.32 bits per heavy atom. The van der Waals surface area contributed by atoms with Crippen LogP contribution in [-0.2, 0) is 13.5 Å². The molecular formula is C13H15FN4O. The van der Waals surface area contributed by atoms with Crippen LogP contribution in [0.5, 0.6) is 0 Å². The van der Waals surface area contributed by atoms with Crippen LogP contribution in [0.3, 0.4) is 0 Å². The first kappa shape index (κ1) is 13.1. The molecule has 0 spiro atoms. The smallest absolute Gasteiger partial charge is 0.251 e. The van der Waals surface area contributed by atoms with Crippen LogP contribution in [0.2, 0.25) is 0 Å². The molecule has 6 heteroatoms. The number of nitrogens with two attached hydrogens (primary N) is 1.